The summed E-state index contributed by atoms with van der Waals surface area (Å²) in [4.78, 5) is 2.48. The van der Waals surface area contributed by atoms with Gasteiger partial charge in [-0.15, -0.1) is 0 Å². The highest BCUT2D eigenvalue weighted by atomic mass is 32.2. The SMILES string of the molecule is CCc1cc(OC)ccc1Sc1ccc(OC)cc1. The van der Waals surface area contributed by atoms with Crippen molar-refractivity contribution in [3.63, 3.8) is 0 Å². The number of rotatable bonds is 5. The predicted molar refractivity (Wildman–Crippen MR) is 79.5 cm³/mol. The number of hydrogen-bond donors (Lipinski definition) is 0. The van der Waals surface area contributed by atoms with Crippen molar-refractivity contribution in [2.75, 3.05) is 14.2 Å². The molecule has 19 heavy (non-hydrogen) atoms. The van der Waals surface area contributed by atoms with Crippen LogP contribution in [0.4, 0.5) is 0 Å². The molecule has 0 aliphatic carbocycles. The van der Waals surface area contributed by atoms with E-state index >= 15 is 0 Å². The molecular weight excluding hydrogens is 256 g/mol. The van der Waals surface area contributed by atoms with Gasteiger partial charge in [0.05, 0.1) is 14.2 Å². The van der Waals surface area contributed by atoms with Gasteiger partial charge in [0, 0.05) is 9.79 Å². The Bertz CT molecular complexity index is 535. The van der Waals surface area contributed by atoms with Crippen LogP contribution in [0.3, 0.4) is 0 Å². The highest BCUT2D eigenvalue weighted by molar-refractivity contribution is 7.99. The minimum atomic E-state index is 0.884. The molecule has 0 unspecified atom stereocenters. The summed E-state index contributed by atoms with van der Waals surface area (Å²) in [6, 6.07) is 14.3. The van der Waals surface area contributed by atoms with Crippen molar-refractivity contribution in [1.29, 1.82) is 0 Å². The van der Waals surface area contributed by atoms with Crippen LogP contribution in [0.5, 0.6) is 11.5 Å². The molecule has 0 amide bonds. The Balaban J connectivity index is 2.21. The van der Waals surface area contributed by atoms with E-state index in [4.69, 9.17) is 9.47 Å². The van der Waals surface area contributed by atoms with Gasteiger partial charge in [-0.25, -0.2) is 0 Å². The van der Waals surface area contributed by atoms with E-state index in [1.54, 1.807) is 26.0 Å². The number of methoxy groups -OCH3 is 2. The van der Waals surface area contributed by atoms with E-state index in [1.807, 2.05) is 18.2 Å². The van der Waals surface area contributed by atoms with Crippen molar-refractivity contribution in [2.24, 2.45) is 0 Å². The fraction of sp³-hybridized carbons (Fsp3) is 0.250. The molecule has 2 aromatic carbocycles. The molecule has 0 aromatic heterocycles. The first-order chi connectivity index (χ1) is 9.26. The second-order valence-corrected chi connectivity index (χ2v) is 5.22. The predicted octanol–water partition coefficient (Wildman–Crippen LogP) is 4.42. The Hall–Kier alpha value is -1.61. The van der Waals surface area contributed by atoms with Gasteiger partial charge in [0.25, 0.3) is 0 Å². The molecule has 0 N–H and O–H groups in total. The number of benzene rings is 2. The van der Waals surface area contributed by atoms with E-state index < -0.39 is 0 Å². The van der Waals surface area contributed by atoms with Gasteiger partial charge in [-0.2, -0.15) is 0 Å². The van der Waals surface area contributed by atoms with Gasteiger partial charge in [0.1, 0.15) is 11.5 Å². The number of ether oxygens (including phenoxy) is 2. The maximum atomic E-state index is 5.27. The maximum absolute atomic E-state index is 5.27. The van der Waals surface area contributed by atoms with Crippen LogP contribution >= 0.6 is 11.8 Å². The molecule has 0 atom stereocenters. The van der Waals surface area contributed by atoms with Crippen molar-refractivity contribution in [3.8, 4) is 11.5 Å². The second-order valence-electron chi connectivity index (χ2n) is 4.10. The molecule has 2 nitrogen and oxygen atoms in total. The molecule has 3 heteroatoms. The third-order valence-corrected chi connectivity index (χ3v) is 4.06. The van der Waals surface area contributed by atoms with E-state index in [9.17, 15) is 0 Å². The lowest BCUT2D eigenvalue weighted by Crippen LogP contribution is -1.89. The van der Waals surface area contributed by atoms with Gasteiger partial charge < -0.3 is 9.47 Å². The van der Waals surface area contributed by atoms with Crippen LogP contribution in [-0.4, -0.2) is 14.2 Å². The number of hydrogen-bond acceptors (Lipinski definition) is 3. The lowest BCUT2D eigenvalue weighted by atomic mass is 10.1. The lowest BCUT2D eigenvalue weighted by Gasteiger charge is -2.10. The summed E-state index contributed by atoms with van der Waals surface area (Å²) in [6.45, 7) is 2.16. The molecule has 0 radical (unpaired) electrons. The average molecular weight is 274 g/mol. The molecule has 0 fully saturated rings. The third kappa shape index (κ3) is 3.44. The van der Waals surface area contributed by atoms with Crippen molar-refractivity contribution in [1.82, 2.24) is 0 Å². The van der Waals surface area contributed by atoms with Crippen LogP contribution in [0, 0.1) is 0 Å². The zero-order valence-corrected chi connectivity index (χ0v) is 12.3. The molecule has 0 spiro atoms. The third-order valence-electron chi connectivity index (χ3n) is 2.94. The van der Waals surface area contributed by atoms with Crippen LogP contribution in [0.2, 0.25) is 0 Å². The molecule has 2 aromatic rings. The molecule has 0 aliphatic rings. The van der Waals surface area contributed by atoms with Gasteiger partial charge in [-0.05, 0) is 54.4 Å². The van der Waals surface area contributed by atoms with Gasteiger partial charge in [0.15, 0.2) is 0 Å². The topological polar surface area (TPSA) is 18.5 Å². The van der Waals surface area contributed by atoms with Crippen LogP contribution in [-0.2, 0) is 6.42 Å². The van der Waals surface area contributed by atoms with Crippen LogP contribution in [0.25, 0.3) is 0 Å². The van der Waals surface area contributed by atoms with Crippen LogP contribution < -0.4 is 9.47 Å². The van der Waals surface area contributed by atoms with Gasteiger partial charge in [-0.1, -0.05) is 18.7 Å². The van der Waals surface area contributed by atoms with E-state index in [0.29, 0.717) is 0 Å². The quantitative estimate of drug-likeness (QED) is 0.804. The normalized spacial score (nSPS) is 10.3. The zero-order valence-electron chi connectivity index (χ0n) is 11.5. The van der Waals surface area contributed by atoms with Crippen molar-refractivity contribution < 1.29 is 9.47 Å². The summed E-state index contributed by atoms with van der Waals surface area (Å²) < 4.78 is 10.4. The van der Waals surface area contributed by atoms with Crippen molar-refractivity contribution in [2.45, 2.75) is 23.1 Å². The Morgan fingerprint density at radius 3 is 2.11 bits per heavy atom. The molecule has 0 saturated heterocycles. The van der Waals surface area contributed by atoms with Gasteiger partial charge >= 0.3 is 0 Å². The first kappa shape index (κ1) is 13.8. The highest BCUT2D eigenvalue weighted by Crippen LogP contribution is 2.33. The molecule has 0 saturated carbocycles. The Labute approximate surface area is 118 Å². The maximum Gasteiger partial charge on any atom is 0.119 e. The monoisotopic (exact) mass is 274 g/mol. The van der Waals surface area contributed by atoms with E-state index in [0.717, 1.165) is 17.9 Å². The summed E-state index contributed by atoms with van der Waals surface area (Å²) in [7, 11) is 3.38. The van der Waals surface area contributed by atoms with Crippen molar-refractivity contribution in [3.05, 3.63) is 48.0 Å². The van der Waals surface area contributed by atoms with Crippen LogP contribution in [0.1, 0.15) is 12.5 Å². The van der Waals surface area contributed by atoms with Gasteiger partial charge in [-0.3, -0.25) is 0 Å². The molecule has 100 valence electrons. The summed E-state index contributed by atoms with van der Waals surface area (Å²) in [6.07, 6.45) is 0.996. The summed E-state index contributed by atoms with van der Waals surface area (Å²) in [5.74, 6) is 1.80. The summed E-state index contributed by atoms with van der Waals surface area (Å²) >= 11 is 1.77. The number of aryl methyl sites for hydroxylation is 1. The fourth-order valence-corrected chi connectivity index (χ4v) is 2.83. The highest BCUT2D eigenvalue weighted by Gasteiger charge is 2.05. The minimum Gasteiger partial charge on any atom is -0.497 e. The molecular formula is C16H18O2S. The molecule has 2 rings (SSSR count). The first-order valence-corrected chi connectivity index (χ1v) is 7.07. The Morgan fingerprint density at radius 2 is 1.53 bits per heavy atom. The summed E-state index contributed by atoms with van der Waals surface area (Å²) in [5.41, 5.74) is 1.31. The second kappa shape index (κ2) is 6.53. The minimum absolute atomic E-state index is 0.884. The van der Waals surface area contributed by atoms with E-state index in [-0.39, 0.29) is 0 Å². The largest absolute Gasteiger partial charge is 0.497 e. The zero-order chi connectivity index (χ0) is 13.7. The molecule has 0 aliphatic heterocycles. The fourth-order valence-electron chi connectivity index (χ4n) is 1.83. The molecule has 0 heterocycles. The average Bonchev–Trinajstić information content (AvgIpc) is 2.48. The van der Waals surface area contributed by atoms with Gasteiger partial charge in [0.2, 0.25) is 0 Å². The van der Waals surface area contributed by atoms with E-state index in [2.05, 4.69) is 31.2 Å². The Morgan fingerprint density at radius 1 is 0.895 bits per heavy atom. The Kier molecular flexibility index (Phi) is 4.74. The lowest BCUT2D eigenvalue weighted by molar-refractivity contribution is 0.414. The van der Waals surface area contributed by atoms with Crippen LogP contribution in [0.15, 0.2) is 52.3 Å². The standard InChI is InChI=1S/C16H18O2S/c1-4-12-11-14(18-3)7-10-16(12)19-15-8-5-13(17-2)6-9-15/h5-11H,4H2,1-3H3. The molecule has 0 bridgehead atoms. The smallest absolute Gasteiger partial charge is 0.119 e. The first-order valence-electron chi connectivity index (χ1n) is 6.25. The summed E-state index contributed by atoms with van der Waals surface area (Å²) in [5, 5.41) is 0. The van der Waals surface area contributed by atoms with Crippen molar-refractivity contribution >= 4 is 11.8 Å². The van der Waals surface area contributed by atoms with E-state index in [1.165, 1.54) is 15.4 Å².